The van der Waals surface area contributed by atoms with Crippen LogP contribution in [0.2, 0.25) is 0 Å². The van der Waals surface area contributed by atoms with E-state index in [1.807, 2.05) is 31.3 Å². The summed E-state index contributed by atoms with van der Waals surface area (Å²) in [6.45, 7) is 4.06. The zero-order chi connectivity index (χ0) is 18.3. The first-order chi connectivity index (χ1) is 12.5. The molecule has 1 unspecified atom stereocenters. The Bertz CT molecular complexity index is 1140. The lowest BCUT2D eigenvalue weighted by Crippen LogP contribution is -1.99. The van der Waals surface area contributed by atoms with Gasteiger partial charge in [0.25, 0.3) is 0 Å². The van der Waals surface area contributed by atoms with E-state index in [2.05, 4.69) is 44.3 Å². The Kier molecular flexibility index (Phi) is 4.26. The number of rotatable bonds is 2. The molecule has 0 fully saturated rings. The van der Waals surface area contributed by atoms with E-state index in [9.17, 15) is 4.39 Å². The predicted octanol–water partition coefficient (Wildman–Crippen LogP) is 5.22. The zero-order valence-corrected chi connectivity index (χ0v) is 15.8. The molecule has 26 heavy (non-hydrogen) atoms. The van der Waals surface area contributed by atoms with Crippen molar-refractivity contribution in [3.05, 3.63) is 77.7 Å². The van der Waals surface area contributed by atoms with Crippen LogP contribution >= 0.6 is 9.24 Å². The van der Waals surface area contributed by atoms with Crippen molar-refractivity contribution in [1.29, 1.82) is 0 Å². The number of halogens is 1. The van der Waals surface area contributed by atoms with E-state index in [4.69, 9.17) is 0 Å². The molecule has 0 amide bonds. The Hall–Kier alpha value is -2.64. The van der Waals surface area contributed by atoms with E-state index in [-0.39, 0.29) is 5.82 Å². The molecular formula is C22H18FN2P. The highest BCUT2D eigenvalue weighted by molar-refractivity contribution is 7.28. The van der Waals surface area contributed by atoms with Crippen LogP contribution in [0.15, 0.2) is 60.8 Å². The second-order valence-electron chi connectivity index (χ2n) is 6.46. The molecule has 128 valence electrons. The summed E-state index contributed by atoms with van der Waals surface area (Å²) in [7, 11) is 2.77. The molecule has 0 aliphatic heterocycles. The number of aromatic nitrogens is 2. The minimum absolute atomic E-state index is 0.246. The molecule has 4 rings (SSSR count). The molecule has 0 saturated heterocycles. The first-order valence-corrected chi connectivity index (χ1v) is 8.99. The fourth-order valence-corrected chi connectivity index (χ4v) is 3.58. The Labute approximate surface area is 154 Å². The van der Waals surface area contributed by atoms with Gasteiger partial charge in [0.05, 0.1) is 16.9 Å². The number of hydrogen-bond donors (Lipinski definition) is 0. The highest BCUT2D eigenvalue weighted by Crippen LogP contribution is 2.28. The number of aryl methyl sites for hydroxylation is 2. The number of fused-ring (bicyclic) bond motifs is 1. The third-order valence-electron chi connectivity index (χ3n) is 4.60. The molecule has 4 heteroatoms. The van der Waals surface area contributed by atoms with Crippen molar-refractivity contribution in [2.45, 2.75) is 13.8 Å². The maximum absolute atomic E-state index is 13.5. The van der Waals surface area contributed by atoms with Gasteiger partial charge in [-0.2, -0.15) is 0 Å². The molecule has 2 heterocycles. The molecular weight excluding hydrogens is 342 g/mol. The molecule has 0 radical (unpaired) electrons. The van der Waals surface area contributed by atoms with Crippen molar-refractivity contribution in [3.63, 3.8) is 0 Å². The van der Waals surface area contributed by atoms with Crippen molar-refractivity contribution in [2.75, 3.05) is 0 Å². The average Bonchev–Trinajstić information content (AvgIpc) is 2.63. The van der Waals surface area contributed by atoms with E-state index < -0.39 is 0 Å². The van der Waals surface area contributed by atoms with Gasteiger partial charge in [-0.25, -0.2) is 9.37 Å². The van der Waals surface area contributed by atoms with Crippen LogP contribution in [0.4, 0.5) is 4.39 Å². The van der Waals surface area contributed by atoms with Crippen molar-refractivity contribution in [2.24, 2.45) is 0 Å². The molecule has 0 spiro atoms. The minimum Gasteiger partial charge on any atom is -0.254 e. The summed E-state index contributed by atoms with van der Waals surface area (Å²) in [5.74, 6) is -0.246. The molecule has 0 aliphatic rings. The topological polar surface area (TPSA) is 25.8 Å². The van der Waals surface area contributed by atoms with Gasteiger partial charge in [0.1, 0.15) is 5.82 Å². The van der Waals surface area contributed by atoms with Gasteiger partial charge in [-0.1, -0.05) is 24.3 Å². The summed E-state index contributed by atoms with van der Waals surface area (Å²) in [6, 6.07) is 16.9. The number of pyridine rings is 2. The van der Waals surface area contributed by atoms with Crippen molar-refractivity contribution in [1.82, 2.24) is 9.97 Å². The monoisotopic (exact) mass is 360 g/mol. The fraction of sp³-hybridized carbons (Fsp3) is 0.0909. The largest absolute Gasteiger partial charge is 0.254 e. The molecule has 0 bridgehead atoms. The lowest BCUT2D eigenvalue weighted by molar-refractivity contribution is 0.629. The van der Waals surface area contributed by atoms with Crippen LogP contribution in [0.25, 0.3) is 33.4 Å². The Balaban J connectivity index is 1.82. The SMILES string of the molecule is Cc1cc(-c2cc(C)c3cc(F)ccc3n2)ncc1-c1ccccc1P. The predicted molar refractivity (Wildman–Crippen MR) is 109 cm³/mol. The lowest BCUT2D eigenvalue weighted by Gasteiger charge is -2.11. The molecule has 2 aromatic carbocycles. The number of benzene rings is 2. The summed E-state index contributed by atoms with van der Waals surface area (Å²) < 4.78 is 13.5. The number of nitrogens with zero attached hydrogens (tertiary/aromatic N) is 2. The van der Waals surface area contributed by atoms with Crippen LogP contribution in [0.1, 0.15) is 11.1 Å². The van der Waals surface area contributed by atoms with Gasteiger partial charge >= 0.3 is 0 Å². The standard InChI is InChI=1S/C22H18FN2P/c1-13-10-21(25-19-8-7-15(23)11-17(13)19)20-9-14(2)18(12-24-20)16-5-3-4-6-22(16)26/h3-12H,26H2,1-2H3. The third-order valence-corrected chi connectivity index (χ3v) is 5.11. The van der Waals surface area contributed by atoms with Gasteiger partial charge in [0.2, 0.25) is 0 Å². The van der Waals surface area contributed by atoms with Crippen LogP contribution in [-0.2, 0) is 0 Å². The number of hydrogen-bond acceptors (Lipinski definition) is 2. The van der Waals surface area contributed by atoms with Crippen LogP contribution in [0.3, 0.4) is 0 Å². The fourth-order valence-electron chi connectivity index (χ4n) is 3.22. The van der Waals surface area contributed by atoms with Crippen LogP contribution < -0.4 is 5.30 Å². The van der Waals surface area contributed by atoms with Gasteiger partial charge in [-0.3, -0.25) is 4.98 Å². The highest BCUT2D eigenvalue weighted by Gasteiger charge is 2.11. The molecule has 0 aliphatic carbocycles. The Morgan fingerprint density at radius 2 is 1.62 bits per heavy atom. The smallest absolute Gasteiger partial charge is 0.123 e. The average molecular weight is 360 g/mol. The summed E-state index contributed by atoms with van der Waals surface area (Å²) in [4.78, 5) is 9.32. The maximum atomic E-state index is 13.5. The zero-order valence-electron chi connectivity index (χ0n) is 14.6. The van der Waals surface area contributed by atoms with Gasteiger partial charge in [-0.15, -0.1) is 9.24 Å². The van der Waals surface area contributed by atoms with Gasteiger partial charge in [0.15, 0.2) is 0 Å². The Morgan fingerprint density at radius 3 is 2.38 bits per heavy atom. The summed E-state index contributed by atoms with van der Waals surface area (Å²) >= 11 is 0. The van der Waals surface area contributed by atoms with Gasteiger partial charge < -0.3 is 0 Å². The maximum Gasteiger partial charge on any atom is 0.123 e. The molecule has 1 atom stereocenters. The van der Waals surface area contributed by atoms with Crippen LogP contribution in [0, 0.1) is 19.7 Å². The first-order valence-electron chi connectivity index (χ1n) is 8.42. The van der Waals surface area contributed by atoms with E-state index in [1.165, 1.54) is 12.1 Å². The van der Waals surface area contributed by atoms with Gasteiger partial charge in [0, 0.05) is 17.1 Å². The molecule has 4 aromatic rings. The van der Waals surface area contributed by atoms with Gasteiger partial charge in [-0.05, 0) is 66.2 Å². The van der Waals surface area contributed by atoms with E-state index in [1.54, 1.807) is 6.07 Å². The second kappa shape index (κ2) is 6.59. The summed E-state index contributed by atoms with van der Waals surface area (Å²) in [6.07, 6.45) is 1.90. The van der Waals surface area contributed by atoms with Crippen molar-refractivity contribution in [3.8, 4) is 22.5 Å². The van der Waals surface area contributed by atoms with Crippen molar-refractivity contribution < 1.29 is 4.39 Å². The van der Waals surface area contributed by atoms with Crippen LogP contribution in [-0.4, -0.2) is 9.97 Å². The quantitative estimate of drug-likeness (QED) is 0.458. The molecule has 0 N–H and O–H groups in total. The second-order valence-corrected chi connectivity index (χ2v) is 7.08. The summed E-state index contributed by atoms with van der Waals surface area (Å²) in [5.41, 5.74) is 6.80. The molecule has 0 saturated carbocycles. The minimum atomic E-state index is -0.246. The lowest BCUT2D eigenvalue weighted by atomic mass is 10.0. The van der Waals surface area contributed by atoms with E-state index >= 15 is 0 Å². The van der Waals surface area contributed by atoms with Crippen LogP contribution in [0.5, 0.6) is 0 Å². The van der Waals surface area contributed by atoms with Crippen molar-refractivity contribution >= 4 is 25.4 Å². The third kappa shape index (κ3) is 3.00. The molecule has 2 nitrogen and oxygen atoms in total. The van der Waals surface area contributed by atoms with E-state index in [0.29, 0.717) is 0 Å². The van der Waals surface area contributed by atoms with E-state index in [0.717, 1.165) is 49.8 Å². The normalized spacial score (nSPS) is 11.1. The highest BCUT2D eigenvalue weighted by atomic mass is 31.0. The summed E-state index contributed by atoms with van der Waals surface area (Å²) in [5, 5.41) is 1.98. The first kappa shape index (κ1) is 16.8. The molecule has 2 aromatic heterocycles. The Morgan fingerprint density at radius 1 is 0.846 bits per heavy atom.